The first-order valence-corrected chi connectivity index (χ1v) is 8.99. The van der Waals surface area contributed by atoms with Crippen LogP contribution in [0.15, 0.2) is 30.3 Å². The SMILES string of the molecule is O=C(O)C(CF)NC(=O)C1CC2CCCCC2N1C(=O)c1ccccc1. The maximum absolute atomic E-state index is 13.1. The number of hydrogen-bond donors (Lipinski definition) is 2. The summed E-state index contributed by atoms with van der Waals surface area (Å²) in [4.78, 5) is 38.4. The van der Waals surface area contributed by atoms with Crippen LogP contribution in [0.5, 0.6) is 0 Å². The van der Waals surface area contributed by atoms with Crippen LogP contribution in [0.1, 0.15) is 42.5 Å². The number of aliphatic carboxylic acids is 1. The number of carboxylic acids is 1. The molecule has 1 heterocycles. The smallest absolute Gasteiger partial charge is 0.328 e. The summed E-state index contributed by atoms with van der Waals surface area (Å²) in [5.74, 6) is -2.01. The van der Waals surface area contributed by atoms with Gasteiger partial charge in [0.2, 0.25) is 5.91 Å². The fourth-order valence-electron chi connectivity index (χ4n) is 4.15. The van der Waals surface area contributed by atoms with Crippen LogP contribution in [0, 0.1) is 5.92 Å². The first kappa shape index (κ1) is 18.4. The second kappa shape index (κ2) is 7.85. The molecule has 1 aromatic rings. The normalized spacial score (nSPS) is 26.0. The molecular formula is C19H23FN2O4. The van der Waals surface area contributed by atoms with Crippen molar-refractivity contribution in [2.75, 3.05) is 6.67 Å². The van der Waals surface area contributed by atoms with Crippen molar-refractivity contribution in [1.29, 1.82) is 0 Å². The number of halogens is 1. The number of carbonyl (C=O) groups is 3. The highest BCUT2D eigenvalue weighted by Gasteiger charge is 2.48. The fraction of sp³-hybridized carbons (Fsp3) is 0.526. The summed E-state index contributed by atoms with van der Waals surface area (Å²) in [6.07, 6.45) is 4.33. The Kier molecular flexibility index (Phi) is 5.54. The lowest BCUT2D eigenvalue weighted by Gasteiger charge is -2.33. The van der Waals surface area contributed by atoms with Gasteiger partial charge in [0.15, 0.2) is 6.04 Å². The number of alkyl halides is 1. The molecule has 6 nitrogen and oxygen atoms in total. The second-order valence-electron chi connectivity index (χ2n) is 7.00. The first-order chi connectivity index (χ1) is 12.5. The molecule has 26 heavy (non-hydrogen) atoms. The van der Waals surface area contributed by atoms with Gasteiger partial charge in [0.1, 0.15) is 12.7 Å². The first-order valence-electron chi connectivity index (χ1n) is 8.99. The molecule has 1 aromatic carbocycles. The minimum Gasteiger partial charge on any atom is -0.480 e. The monoisotopic (exact) mass is 362 g/mol. The molecule has 0 bridgehead atoms. The van der Waals surface area contributed by atoms with Crippen molar-refractivity contribution >= 4 is 17.8 Å². The van der Waals surface area contributed by atoms with Crippen LogP contribution in [-0.4, -0.2) is 52.6 Å². The molecule has 140 valence electrons. The van der Waals surface area contributed by atoms with E-state index >= 15 is 0 Å². The molecule has 4 atom stereocenters. The molecule has 1 aliphatic carbocycles. The number of nitrogens with zero attached hydrogens (tertiary/aromatic N) is 1. The Balaban J connectivity index is 1.85. The highest BCUT2D eigenvalue weighted by Crippen LogP contribution is 2.40. The van der Waals surface area contributed by atoms with Gasteiger partial charge in [-0.15, -0.1) is 0 Å². The van der Waals surface area contributed by atoms with Gasteiger partial charge in [0, 0.05) is 11.6 Å². The Hall–Kier alpha value is -2.44. The summed E-state index contributed by atoms with van der Waals surface area (Å²) in [6.45, 7) is -1.19. The van der Waals surface area contributed by atoms with E-state index in [4.69, 9.17) is 5.11 Å². The molecule has 2 aliphatic rings. The van der Waals surface area contributed by atoms with E-state index in [-0.39, 0.29) is 17.9 Å². The number of amides is 2. The predicted octanol–water partition coefficient (Wildman–Crippen LogP) is 2.00. The Morgan fingerprint density at radius 3 is 2.54 bits per heavy atom. The molecule has 1 saturated heterocycles. The van der Waals surface area contributed by atoms with Gasteiger partial charge >= 0.3 is 5.97 Å². The molecule has 1 aliphatic heterocycles. The van der Waals surface area contributed by atoms with Crippen LogP contribution in [0.4, 0.5) is 4.39 Å². The van der Waals surface area contributed by atoms with Crippen LogP contribution < -0.4 is 5.32 Å². The standard InChI is InChI=1S/C19H23FN2O4/c20-11-14(19(25)26)21-17(23)16-10-13-8-4-5-9-15(13)22(16)18(24)12-6-2-1-3-7-12/h1-3,6-7,13-16H,4-5,8-11H2,(H,21,23)(H,25,26). The maximum Gasteiger partial charge on any atom is 0.328 e. The third-order valence-corrected chi connectivity index (χ3v) is 5.41. The van der Waals surface area contributed by atoms with E-state index in [1.54, 1.807) is 29.2 Å². The largest absolute Gasteiger partial charge is 0.480 e. The number of carboxylic acid groups (broad SMARTS) is 1. The van der Waals surface area contributed by atoms with Crippen LogP contribution in [0.25, 0.3) is 0 Å². The van der Waals surface area contributed by atoms with Crippen molar-refractivity contribution in [2.45, 2.75) is 50.2 Å². The van der Waals surface area contributed by atoms with Gasteiger partial charge in [-0.3, -0.25) is 9.59 Å². The van der Waals surface area contributed by atoms with E-state index in [2.05, 4.69) is 5.32 Å². The summed E-state index contributed by atoms with van der Waals surface area (Å²) in [5.41, 5.74) is 0.497. The van der Waals surface area contributed by atoms with Crippen LogP contribution in [0.3, 0.4) is 0 Å². The van der Waals surface area contributed by atoms with Crippen molar-refractivity contribution in [3.63, 3.8) is 0 Å². The van der Waals surface area contributed by atoms with Gasteiger partial charge in [0.05, 0.1) is 0 Å². The Labute approximate surface area is 151 Å². The molecule has 7 heteroatoms. The highest BCUT2D eigenvalue weighted by molar-refractivity contribution is 5.98. The number of nitrogens with one attached hydrogen (secondary N) is 1. The topological polar surface area (TPSA) is 86.7 Å². The molecule has 0 spiro atoms. The average Bonchev–Trinajstić information content (AvgIpc) is 3.05. The summed E-state index contributed by atoms with van der Waals surface area (Å²) in [7, 11) is 0. The maximum atomic E-state index is 13.1. The summed E-state index contributed by atoms with van der Waals surface area (Å²) in [6, 6.07) is 6.38. The van der Waals surface area contributed by atoms with Gasteiger partial charge in [-0.25, -0.2) is 9.18 Å². The van der Waals surface area contributed by atoms with Gasteiger partial charge in [-0.1, -0.05) is 31.0 Å². The third-order valence-electron chi connectivity index (χ3n) is 5.41. The van der Waals surface area contributed by atoms with Gasteiger partial charge < -0.3 is 15.3 Å². The number of hydrogen-bond acceptors (Lipinski definition) is 3. The number of benzene rings is 1. The second-order valence-corrected chi connectivity index (χ2v) is 7.00. The molecule has 2 amide bonds. The minimum atomic E-state index is -1.58. The molecule has 1 saturated carbocycles. The van der Waals surface area contributed by atoms with E-state index in [0.29, 0.717) is 12.0 Å². The highest BCUT2D eigenvalue weighted by atomic mass is 19.1. The lowest BCUT2D eigenvalue weighted by Crippen LogP contribution is -2.53. The van der Waals surface area contributed by atoms with E-state index < -0.39 is 30.6 Å². The van der Waals surface area contributed by atoms with Crippen molar-refractivity contribution in [3.05, 3.63) is 35.9 Å². The third kappa shape index (κ3) is 3.57. The minimum absolute atomic E-state index is 0.0270. The zero-order valence-electron chi connectivity index (χ0n) is 14.4. The van der Waals surface area contributed by atoms with Gasteiger partial charge in [-0.05, 0) is 37.3 Å². The van der Waals surface area contributed by atoms with Crippen molar-refractivity contribution in [2.24, 2.45) is 5.92 Å². The van der Waals surface area contributed by atoms with Crippen molar-refractivity contribution in [3.8, 4) is 0 Å². The summed E-state index contributed by atoms with van der Waals surface area (Å²) < 4.78 is 12.9. The van der Waals surface area contributed by atoms with Crippen molar-refractivity contribution in [1.82, 2.24) is 10.2 Å². The van der Waals surface area contributed by atoms with E-state index in [9.17, 15) is 18.8 Å². The lowest BCUT2D eigenvalue weighted by atomic mass is 9.84. The van der Waals surface area contributed by atoms with Crippen LogP contribution in [0.2, 0.25) is 0 Å². The average molecular weight is 362 g/mol. The lowest BCUT2D eigenvalue weighted by molar-refractivity contribution is -0.142. The molecule has 2 fully saturated rings. The Morgan fingerprint density at radius 1 is 1.19 bits per heavy atom. The Morgan fingerprint density at radius 2 is 1.88 bits per heavy atom. The van der Waals surface area contributed by atoms with Crippen LogP contribution >= 0.6 is 0 Å². The molecule has 0 aromatic heterocycles. The van der Waals surface area contributed by atoms with E-state index in [0.717, 1.165) is 25.7 Å². The van der Waals surface area contributed by atoms with E-state index in [1.807, 2.05) is 6.07 Å². The van der Waals surface area contributed by atoms with Crippen LogP contribution in [-0.2, 0) is 9.59 Å². The van der Waals surface area contributed by atoms with Gasteiger partial charge in [0.25, 0.3) is 5.91 Å². The molecule has 0 radical (unpaired) electrons. The summed E-state index contributed by atoms with van der Waals surface area (Å²) in [5, 5.41) is 11.2. The Bertz CT molecular complexity index is 681. The summed E-state index contributed by atoms with van der Waals surface area (Å²) >= 11 is 0. The van der Waals surface area contributed by atoms with Crippen molar-refractivity contribution < 1.29 is 23.9 Å². The number of rotatable bonds is 5. The fourth-order valence-corrected chi connectivity index (χ4v) is 4.15. The zero-order valence-corrected chi connectivity index (χ0v) is 14.4. The number of carbonyl (C=O) groups excluding carboxylic acids is 2. The van der Waals surface area contributed by atoms with Gasteiger partial charge in [-0.2, -0.15) is 0 Å². The molecule has 3 rings (SSSR count). The quantitative estimate of drug-likeness (QED) is 0.839. The molecule has 4 unspecified atom stereocenters. The number of fused-ring (bicyclic) bond motifs is 1. The zero-order chi connectivity index (χ0) is 18.7. The predicted molar refractivity (Wildman–Crippen MR) is 92.3 cm³/mol. The molecule has 2 N–H and O–H groups in total. The number of likely N-dealkylation sites (tertiary alicyclic amines) is 1. The van der Waals surface area contributed by atoms with E-state index in [1.165, 1.54) is 0 Å². The molecular weight excluding hydrogens is 339 g/mol.